The van der Waals surface area contributed by atoms with Gasteiger partial charge >= 0.3 is 0 Å². The van der Waals surface area contributed by atoms with Crippen LogP contribution in [-0.2, 0) is 11.2 Å². The van der Waals surface area contributed by atoms with Crippen LogP contribution in [-0.4, -0.2) is 50.3 Å². The van der Waals surface area contributed by atoms with Crippen molar-refractivity contribution >= 4 is 52.6 Å². The molecule has 1 fully saturated rings. The minimum atomic E-state index is 0.0178. The molecule has 11 heteroatoms. The van der Waals surface area contributed by atoms with Crippen molar-refractivity contribution in [2.75, 3.05) is 29.0 Å². The number of benzene rings is 1. The fourth-order valence-electron chi connectivity index (χ4n) is 5.33. The van der Waals surface area contributed by atoms with Crippen LogP contribution in [0.25, 0.3) is 5.70 Å². The van der Waals surface area contributed by atoms with E-state index in [9.17, 15) is 4.79 Å². The van der Waals surface area contributed by atoms with E-state index in [2.05, 4.69) is 58.7 Å². The Bertz CT molecular complexity index is 1450. The Morgan fingerprint density at radius 3 is 3.03 bits per heavy atom. The summed E-state index contributed by atoms with van der Waals surface area (Å²) < 4.78 is 0. The Labute approximate surface area is 231 Å². The second kappa shape index (κ2) is 10.9. The number of rotatable bonds is 5. The number of carbonyl (C=O) groups is 1. The number of fused-ring (bicyclic) bond motifs is 6. The van der Waals surface area contributed by atoms with E-state index in [1.54, 1.807) is 18.6 Å². The molecule has 5 heterocycles. The third kappa shape index (κ3) is 5.80. The number of amides is 1. The predicted octanol–water partition coefficient (Wildman–Crippen LogP) is 5.21. The van der Waals surface area contributed by atoms with E-state index < -0.39 is 0 Å². The van der Waals surface area contributed by atoms with Gasteiger partial charge in [-0.15, -0.1) is 0 Å². The normalized spacial score (nSPS) is 20.0. The zero-order valence-electron chi connectivity index (χ0n) is 21.5. The summed E-state index contributed by atoms with van der Waals surface area (Å²) in [5.41, 5.74) is 5.41. The minimum absolute atomic E-state index is 0.0178. The number of aliphatic imine (C=N–C) groups is 1. The van der Waals surface area contributed by atoms with Gasteiger partial charge in [0.1, 0.15) is 10.7 Å². The summed E-state index contributed by atoms with van der Waals surface area (Å²) >= 11 is 6.39. The Morgan fingerprint density at radius 2 is 2.15 bits per heavy atom. The summed E-state index contributed by atoms with van der Waals surface area (Å²) in [6.45, 7) is 5.85. The lowest BCUT2D eigenvalue weighted by Crippen LogP contribution is -2.22. The number of carbonyl (C=O) groups excluding carboxylic acids is 1. The van der Waals surface area contributed by atoms with Crippen LogP contribution in [0.5, 0.6) is 0 Å². The van der Waals surface area contributed by atoms with Crippen molar-refractivity contribution in [1.82, 2.24) is 25.1 Å². The van der Waals surface area contributed by atoms with E-state index in [4.69, 9.17) is 11.6 Å². The molecule has 0 aliphatic carbocycles. The van der Waals surface area contributed by atoms with Crippen molar-refractivity contribution in [3.8, 4) is 0 Å². The molecule has 2 atom stereocenters. The molecule has 1 saturated heterocycles. The number of hydrogen-bond acceptors (Lipinski definition) is 8. The lowest BCUT2D eigenvalue weighted by atomic mass is 9.94. The lowest BCUT2D eigenvalue weighted by molar-refractivity contribution is -0.117. The number of nitrogens with one attached hydrogen (secondary N) is 4. The van der Waals surface area contributed by atoms with Gasteiger partial charge in [0.2, 0.25) is 11.9 Å². The summed E-state index contributed by atoms with van der Waals surface area (Å²) in [5, 5.41) is 17.2. The molecule has 200 valence electrons. The van der Waals surface area contributed by atoms with Gasteiger partial charge in [0, 0.05) is 61.1 Å². The first-order valence-corrected chi connectivity index (χ1v) is 13.5. The van der Waals surface area contributed by atoms with Crippen molar-refractivity contribution in [1.29, 1.82) is 0 Å². The molecule has 3 aliphatic heterocycles. The number of hydrogen-bond donors (Lipinski definition) is 4. The highest BCUT2D eigenvalue weighted by atomic mass is 35.5. The van der Waals surface area contributed by atoms with Gasteiger partial charge in [-0.1, -0.05) is 18.2 Å². The molecular weight excluding hydrogens is 514 g/mol. The van der Waals surface area contributed by atoms with E-state index in [0.29, 0.717) is 23.2 Å². The van der Waals surface area contributed by atoms with Crippen molar-refractivity contribution in [2.24, 2.45) is 16.8 Å². The third-order valence-corrected chi connectivity index (χ3v) is 7.67. The number of aryl methyl sites for hydroxylation is 1. The van der Waals surface area contributed by atoms with Crippen molar-refractivity contribution in [3.63, 3.8) is 0 Å². The topological polar surface area (TPSA) is 123 Å². The molecule has 6 bridgehead atoms. The molecule has 4 N–H and O–H groups in total. The number of aromatic amines is 1. The monoisotopic (exact) mass is 543 g/mol. The molecule has 0 saturated carbocycles. The second-order valence-corrected chi connectivity index (χ2v) is 10.6. The van der Waals surface area contributed by atoms with Crippen LogP contribution in [0.1, 0.15) is 36.9 Å². The van der Waals surface area contributed by atoms with Gasteiger partial charge in [0.25, 0.3) is 0 Å². The van der Waals surface area contributed by atoms with E-state index in [1.807, 2.05) is 24.4 Å². The van der Waals surface area contributed by atoms with Gasteiger partial charge in [-0.05, 0) is 61.4 Å². The van der Waals surface area contributed by atoms with E-state index >= 15 is 0 Å². The van der Waals surface area contributed by atoms with Crippen molar-refractivity contribution in [3.05, 3.63) is 71.4 Å². The molecule has 1 amide bonds. The molecule has 1 aromatic carbocycles. The highest BCUT2D eigenvalue weighted by molar-refractivity contribution is 6.32. The first kappa shape index (κ1) is 25.1. The van der Waals surface area contributed by atoms with Crippen LogP contribution >= 0.6 is 11.6 Å². The Balaban J connectivity index is 1.17. The maximum Gasteiger partial charge on any atom is 0.229 e. The maximum absolute atomic E-state index is 13.1. The highest BCUT2D eigenvalue weighted by Crippen LogP contribution is 2.32. The number of nitrogens with zero attached hydrogens (tertiary/aromatic N) is 5. The van der Waals surface area contributed by atoms with E-state index in [-0.39, 0.29) is 17.7 Å². The number of halogens is 1. The zero-order chi connectivity index (χ0) is 26.8. The molecule has 3 aliphatic rings. The summed E-state index contributed by atoms with van der Waals surface area (Å²) in [4.78, 5) is 28.6. The standard InChI is InChI=1S/C28H30ClN9O/c1-17(24-6-8-32-37-24)38-9-7-19(16-38)11-26(39)35-25-5-4-21-12-20(25)3-2-18-10-22(14-30-13-18)34-28-31-15-23(29)27(33-21)36-28/h4-6,8,12-15,18-19H,1-3,7,9-11,16H2,(H,32,37)(H,35,39)(H2,31,33,34,36)/t18?,19-/m0/s1. The van der Waals surface area contributed by atoms with Crippen LogP contribution in [0.3, 0.4) is 0 Å². The Hall–Kier alpha value is -4.18. The molecule has 3 aromatic rings. The fourth-order valence-corrected chi connectivity index (χ4v) is 5.47. The fraction of sp³-hybridized carbons (Fsp3) is 0.321. The quantitative estimate of drug-likeness (QED) is 0.348. The van der Waals surface area contributed by atoms with Gasteiger partial charge in [0.15, 0.2) is 5.82 Å². The van der Waals surface area contributed by atoms with Crippen LogP contribution in [0.4, 0.5) is 23.1 Å². The van der Waals surface area contributed by atoms with Gasteiger partial charge in [-0.3, -0.25) is 14.9 Å². The van der Waals surface area contributed by atoms with Crippen LogP contribution in [0, 0.1) is 11.8 Å². The second-order valence-electron chi connectivity index (χ2n) is 10.2. The zero-order valence-corrected chi connectivity index (χ0v) is 22.2. The Kier molecular flexibility index (Phi) is 7.02. The number of aromatic nitrogens is 4. The van der Waals surface area contributed by atoms with Gasteiger partial charge < -0.3 is 20.9 Å². The number of allylic oxidation sites excluding steroid dienone is 1. The molecule has 39 heavy (non-hydrogen) atoms. The SMILES string of the molecule is C=C(c1cc[nH]n1)N1CC[C@@H](CC(=O)Nc2ccc3cc2CCC2C=NC=C(C2)Nc2ncc(Cl)c(n2)N3)C1. The average molecular weight is 544 g/mol. The molecule has 0 spiro atoms. The summed E-state index contributed by atoms with van der Waals surface area (Å²) in [6, 6.07) is 7.85. The summed E-state index contributed by atoms with van der Waals surface area (Å²) in [5.74, 6) is 1.51. The largest absolute Gasteiger partial charge is 0.370 e. The molecular formula is C28H30ClN9O. The smallest absolute Gasteiger partial charge is 0.229 e. The minimum Gasteiger partial charge on any atom is -0.370 e. The van der Waals surface area contributed by atoms with Crippen LogP contribution < -0.4 is 16.0 Å². The average Bonchev–Trinajstić information content (AvgIpc) is 3.63. The molecule has 6 rings (SSSR count). The van der Waals surface area contributed by atoms with E-state index in [1.165, 1.54) is 0 Å². The predicted molar refractivity (Wildman–Crippen MR) is 154 cm³/mol. The maximum atomic E-state index is 13.1. The van der Waals surface area contributed by atoms with Gasteiger partial charge in [-0.25, -0.2) is 4.98 Å². The van der Waals surface area contributed by atoms with Crippen LogP contribution in [0.2, 0.25) is 5.02 Å². The third-order valence-electron chi connectivity index (χ3n) is 7.39. The van der Waals surface area contributed by atoms with E-state index in [0.717, 1.165) is 72.8 Å². The Morgan fingerprint density at radius 1 is 1.23 bits per heavy atom. The summed E-state index contributed by atoms with van der Waals surface area (Å²) in [6.07, 6.45) is 11.0. The van der Waals surface area contributed by atoms with Gasteiger partial charge in [-0.2, -0.15) is 10.1 Å². The molecule has 1 unspecified atom stereocenters. The van der Waals surface area contributed by atoms with Gasteiger partial charge in [0.05, 0.1) is 11.9 Å². The first-order valence-electron chi connectivity index (χ1n) is 13.2. The number of anilines is 4. The molecule has 0 radical (unpaired) electrons. The van der Waals surface area contributed by atoms with Crippen molar-refractivity contribution < 1.29 is 4.79 Å². The van der Waals surface area contributed by atoms with Crippen molar-refractivity contribution in [2.45, 2.75) is 32.1 Å². The lowest BCUT2D eigenvalue weighted by Gasteiger charge is -2.20. The summed E-state index contributed by atoms with van der Waals surface area (Å²) in [7, 11) is 0. The molecule has 2 aromatic heterocycles. The number of likely N-dealkylation sites (tertiary alicyclic amines) is 1. The first-order chi connectivity index (χ1) is 19.0. The highest BCUT2D eigenvalue weighted by Gasteiger charge is 2.27. The number of H-pyrrole nitrogens is 1. The van der Waals surface area contributed by atoms with Crippen LogP contribution in [0.15, 0.2) is 60.1 Å². The molecule has 10 nitrogen and oxygen atoms in total.